The fourth-order valence-corrected chi connectivity index (χ4v) is 3.23. The highest BCUT2D eigenvalue weighted by Gasteiger charge is 2.31. The molecule has 21 heavy (non-hydrogen) atoms. The Hall–Kier alpha value is -1.30. The van der Waals surface area contributed by atoms with Gasteiger partial charge in [-0.3, -0.25) is 4.79 Å². The summed E-state index contributed by atoms with van der Waals surface area (Å²) >= 11 is 0. The van der Waals surface area contributed by atoms with Gasteiger partial charge < -0.3 is 20.3 Å². The molecule has 0 unspecified atom stereocenters. The lowest BCUT2D eigenvalue weighted by Gasteiger charge is -2.37. The molecule has 0 radical (unpaired) electrons. The maximum Gasteiger partial charge on any atom is 0.409 e. The van der Waals surface area contributed by atoms with Crippen LogP contribution in [0.1, 0.15) is 32.6 Å². The van der Waals surface area contributed by atoms with Gasteiger partial charge in [-0.05, 0) is 45.1 Å². The fourth-order valence-electron chi connectivity index (χ4n) is 3.23. The van der Waals surface area contributed by atoms with Crippen LogP contribution in [0.25, 0.3) is 0 Å². The third-order valence-corrected chi connectivity index (χ3v) is 4.65. The summed E-state index contributed by atoms with van der Waals surface area (Å²) in [4.78, 5) is 27.7. The lowest BCUT2D eigenvalue weighted by atomic mass is 9.81. The molecule has 2 amide bonds. The van der Waals surface area contributed by atoms with Gasteiger partial charge in [-0.15, -0.1) is 0 Å². The highest BCUT2D eigenvalue weighted by atomic mass is 16.6. The summed E-state index contributed by atoms with van der Waals surface area (Å²) in [5.74, 6) is 1.01. The number of hydrogen-bond acceptors (Lipinski definition) is 4. The largest absolute Gasteiger partial charge is 0.450 e. The van der Waals surface area contributed by atoms with Gasteiger partial charge in [0, 0.05) is 32.1 Å². The summed E-state index contributed by atoms with van der Waals surface area (Å²) in [5.41, 5.74) is 5.69. The maximum atomic E-state index is 12.5. The van der Waals surface area contributed by atoms with E-state index in [2.05, 4.69) is 0 Å². The maximum absolute atomic E-state index is 12.5. The molecular formula is C15H27N3O3. The van der Waals surface area contributed by atoms with Crippen LogP contribution in [0, 0.1) is 11.8 Å². The molecular weight excluding hydrogens is 270 g/mol. The molecule has 120 valence electrons. The first-order chi connectivity index (χ1) is 10.2. The van der Waals surface area contributed by atoms with E-state index >= 15 is 0 Å². The minimum atomic E-state index is -0.270. The lowest BCUT2D eigenvalue weighted by molar-refractivity contribution is -0.138. The number of nitrogens with two attached hydrogens (primary N) is 1. The smallest absolute Gasteiger partial charge is 0.409 e. The van der Waals surface area contributed by atoms with Crippen molar-refractivity contribution in [3.8, 4) is 0 Å². The molecule has 6 heteroatoms. The highest BCUT2D eigenvalue weighted by molar-refractivity contribution is 5.79. The highest BCUT2D eigenvalue weighted by Crippen LogP contribution is 2.29. The number of hydrogen-bond donors (Lipinski definition) is 1. The molecule has 2 fully saturated rings. The second-order valence-electron chi connectivity index (χ2n) is 5.96. The van der Waals surface area contributed by atoms with Crippen molar-refractivity contribution in [1.82, 2.24) is 9.80 Å². The van der Waals surface area contributed by atoms with Crippen molar-refractivity contribution in [2.45, 2.75) is 32.6 Å². The number of carbonyl (C=O) groups is 2. The van der Waals surface area contributed by atoms with E-state index in [9.17, 15) is 9.59 Å². The molecule has 0 aromatic carbocycles. The van der Waals surface area contributed by atoms with E-state index in [0.29, 0.717) is 38.7 Å². The van der Waals surface area contributed by atoms with Crippen LogP contribution in [0.2, 0.25) is 0 Å². The van der Waals surface area contributed by atoms with E-state index in [-0.39, 0.29) is 17.9 Å². The third-order valence-electron chi connectivity index (χ3n) is 4.65. The predicted molar refractivity (Wildman–Crippen MR) is 79.7 cm³/mol. The molecule has 0 bridgehead atoms. The average Bonchev–Trinajstić information content (AvgIpc) is 2.54. The van der Waals surface area contributed by atoms with Gasteiger partial charge in [0.1, 0.15) is 0 Å². The second kappa shape index (κ2) is 7.64. The Kier molecular flexibility index (Phi) is 5.85. The van der Waals surface area contributed by atoms with Crippen LogP contribution in [0.5, 0.6) is 0 Å². The van der Waals surface area contributed by atoms with E-state index < -0.39 is 0 Å². The topological polar surface area (TPSA) is 75.9 Å². The van der Waals surface area contributed by atoms with Gasteiger partial charge in [-0.1, -0.05) is 0 Å². The average molecular weight is 297 g/mol. The first kappa shape index (κ1) is 16.1. The Balaban J connectivity index is 1.77. The normalized spacial score (nSPS) is 26.6. The number of amides is 2. The summed E-state index contributed by atoms with van der Waals surface area (Å²) < 4.78 is 4.99. The molecule has 0 spiro atoms. The molecule has 0 atom stereocenters. The molecule has 1 aliphatic carbocycles. The van der Waals surface area contributed by atoms with Gasteiger partial charge in [-0.25, -0.2) is 4.79 Å². The van der Waals surface area contributed by atoms with E-state index in [1.807, 2.05) is 4.90 Å². The minimum Gasteiger partial charge on any atom is -0.450 e. The molecule has 1 saturated carbocycles. The van der Waals surface area contributed by atoms with E-state index in [0.717, 1.165) is 32.2 Å². The predicted octanol–water partition coefficient (Wildman–Crippen LogP) is 1.05. The van der Waals surface area contributed by atoms with Gasteiger partial charge in [0.05, 0.1) is 6.61 Å². The minimum absolute atomic E-state index is 0.155. The summed E-state index contributed by atoms with van der Waals surface area (Å²) in [6.45, 7) is 5.31. The molecule has 1 heterocycles. The van der Waals surface area contributed by atoms with Crippen molar-refractivity contribution in [3.63, 3.8) is 0 Å². The molecule has 2 aliphatic rings. The van der Waals surface area contributed by atoms with Crippen molar-refractivity contribution in [1.29, 1.82) is 0 Å². The lowest BCUT2D eigenvalue weighted by Crippen LogP contribution is -2.52. The van der Waals surface area contributed by atoms with E-state index in [4.69, 9.17) is 10.5 Å². The van der Waals surface area contributed by atoms with Crippen LogP contribution in [0.3, 0.4) is 0 Å². The van der Waals surface area contributed by atoms with Crippen molar-refractivity contribution < 1.29 is 14.3 Å². The van der Waals surface area contributed by atoms with Crippen LogP contribution < -0.4 is 5.73 Å². The zero-order valence-electron chi connectivity index (χ0n) is 12.9. The van der Waals surface area contributed by atoms with Gasteiger partial charge >= 0.3 is 6.09 Å². The van der Waals surface area contributed by atoms with Gasteiger partial charge in [-0.2, -0.15) is 0 Å². The molecule has 1 aliphatic heterocycles. The van der Waals surface area contributed by atoms with Gasteiger partial charge in [0.25, 0.3) is 0 Å². The van der Waals surface area contributed by atoms with Crippen LogP contribution in [0.15, 0.2) is 0 Å². The van der Waals surface area contributed by atoms with Gasteiger partial charge in [0.15, 0.2) is 0 Å². The van der Waals surface area contributed by atoms with Crippen molar-refractivity contribution in [2.75, 3.05) is 39.3 Å². The Morgan fingerprint density at radius 3 is 2.14 bits per heavy atom. The van der Waals surface area contributed by atoms with Crippen molar-refractivity contribution in [3.05, 3.63) is 0 Å². The van der Waals surface area contributed by atoms with Crippen molar-refractivity contribution >= 4 is 12.0 Å². The number of rotatable bonds is 3. The Morgan fingerprint density at radius 1 is 1.05 bits per heavy atom. The monoisotopic (exact) mass is 297 g/mol. The van der Waals surface area contributed by atoms with Crippen LogP contribution in [-0.2, 0) is 9.53 Å². The number of carbonyl (C=O) groups excluding carboxylic acids is 2. The standard InChI is InChI=1S/C15H27N3O3/c1-2-21-15(20)18-9-7-17(8-10-18)14(19)13-5-3-12(11-16)4-6-13/h12-13H,2-11,16H2,1H3. The number of ether oxygens (including phenoxy) is 1. The molecule has 1 saturated heterocycles. The quantitative estimate of drug-likeness (QED) is 0.845. The first-order valence-corrected chi connectivity index (χ1v) is 8.06. The SMILES string of the molecule is CCOC(=O)N1CCN(C(=O)C2CCC(CN)CC2)CC1. The summed E-state index contributed by atoms with van der Waals surface area (Å²) in [6, 6.07) is 0. The molecule has 0 aromatic heterocycles. The number of piperazine rings is 1. The third kappa shape index (κ3) is 4.09. The molecule has 6 nitrogen and oxygen atoms in total. The zero-order valence-corrected chi connectivity index (χ0v) is 12.9. The van der Waals surface area contributed by atoms with Crippen LogP contribution >= 0.6 is 0 Å². The molecule has 0 aromatic rings. The first-order valence-electron chi connectivity index (χ1n) is 8.06. The summed E-state index contributed by atoms with van der Waals surface area (Å²) in [6.07, 6.45) is 3.77. The van der Waals surface area contributed by atoms with Crippen molar-refractivity contribution in [2.24, 2.45) is 17.6 Å². The van der Waals surface area contributed by atoms with E-state index in [1.165, 1.54) is 0 Å². The van der Waals surface area contributed by atoms with Crippen LogP contribution in [-0.4, -0.2) is 61.1 Å². The fraction of sp³-hybridized carbons (Fsp3) is 0.867. The Bertz CT molecular complexity index is 359. The molecule has 2 N–H and O–H groups in total. The van der Waals surface area contributed by atoms with Gasteiger partial charge in [0.2, 0.25) is 5.91 Å². The number of nitrogens with zero attached hydrogens (tertiary/aromatic N) is 2. The Morgan fingerprint density at radius 2 is 1.62 bits per heavy atom. The van der Waals surface area contributed by atoms with Crippen LogP contribution in [0.4, 0.5) is 4.79 Å². The second-order valence-corrected chi connectivity index (χ2v) is 5.96. The molecule has 2 rings (SSSR count). The Labute approximate surface area is 126 Å². The zero-order chi connectivity index (χ0) is 15.2. The summed E-state index contributed by atoms with van der Waals surface area (Å²) in [5, 5.41) is 0. The summed E-state index contributed by atoms with van der Waals surface area (Å²) in [7, 11) is 0. The van der Waals surface area contributed by atoms with E-state index in [1.54, 1.807) is 11.8 Å².